The summed E-state index contributed by atoms with van der Waals surface area (Å²) in [6.07, 6.45) is 0.232. The van der Waals surface area contributed by atoms with Gasteiger partial charge in [0.15, 0.2) is 0 Å². The van der Waals surface area contributed by atoms with Gasteiger partial charge in [-0.2, -0.15) is 0 Å². The summed E-state index contributed by atoms with van der Waals surface area (Å²) in [4.78, 5) is 108. The molecule has 2 aromatic rings. The number of hydrogen-bond acceptors (Lipinski definition) is 9. The van der Waals surface area contributed by atoms with E-state index in [-0.39, 0.29) is 30.9 Å². The van der Waals surface area contributed by atoms with Crippen LogP contribution in [0, 0.1) is 11.8 Å². The Bertz CT molecular complexity index is 1820. The van der Waals surface area contributed by atoms with Gasteiger partial charge in [-0.25, -0.2) is 4.79 Å². The first-order valence-electron chi connectivity index (χ1n) is 19.4. The lowest BCUT2D eigenvalue weighted by Crippen LogP contribution is -2.62. The van der Waals surface area contributed by atoms with Crippen LogP contribution in [-0.2, 0) is 55.9 Å². The predicted molar refractivity (Wildman–Crippen MR) is 215 cm³/mol. The summed E-state index contributed by atoms with van der Waals surface area (Å²) < 4.78 is 5.59. The number of cyclic esters (lactones) is 1. The lowest BCUT2D eigenvalue weighted by Gasteiger charge is -2.30. The number of carbonyl (C=O) groups is 8. The number of allylic oxidation sites excluding steroid dienone is 1. The van der Waals surface area contributed by atoms with Gasteiger partial charge >= 0.3 is 5.97 Å². The van der Waals surface area contributed by atoms with Gasteiger partial charge in [-0.05, 0) is 50.2 Å². The Morgan fingerprint density at radius 2 is 1.22 bits per heavy atom. The molecule has 0 aromatic heterocycles. The maximum absolute atomic E-state index is 14.3. The van der Waals surface area contributed by atoms with Crippen molar-refractivity contribution in [2.45, 2.75) is 117 Å². The predicted octanol–water partition coefficient (Wildman–Crippen LogP) is 1.09. The van der Waals surface area contributed by atoms with E-state index < -0.39 is 95.6 Å². The van der Waals surface area contributed by atoms with Crippen LogP contribution in [0.2, 0.25) is 0 Å². The highest BCUT2D eigenvalue weighted by Gasteiger charge is 2.38. The van der Waals surface area contributed by atoms with E-state index in [1.165, 1.54) is 33.8 Å². The minimum atomic E-state index is -1.59. The van der Waals surface area contributed by atoms with E-state index in [0.717, 1.165) is 5.56 Å². The Balaban J connectivity index is 1.97. The molecule has 0 unspecified atom stereocenters. The Kier molecular flexibility index (Phi) is 17.6. The van der Waals surface area contributed by atoms with Gasteiger partial charge in [-0.15, -0.1) is 0 Å². The fourth-order valence-corrected chi connectivity index (χ4v) is 6.19. The van der Waals surface area contributed by atoms with Crippen LogP contribution >= 0.6 is 0 Å². The number of hydrogen-bond donors (Lipinski definition) is 7. The topological polar surface area (TPSA) is 230 Å². The monoisotopic (exact) mass is 803 g/mol. The highest BCUT2D eigenvalue weighted by molar-refractivity contribution is 6.00. The summed E-state index contributed by atoms with van der Waals surface area (Å²) in [5.41, 5.74) is 1.19. The summed E-state index contributed by atoms with van der Waals surface area (Å²) in [5.74, 6) is -6.37. The third kappa shape index (κ3) is 14.2. The van der Waals surface area contributed by atoms with Crippen molar-refractivity contribution in [1.82, 2.24) is 37.2 Å². The maximum atomic E-state index is 14.3. The molecule has 16 nitrogen and oxygen atoms in total. The SMILES string of the molecule is C/C=C1/NC(=O)[C@H](C)NC(=O)[C@H](C(C)C)NC(=O)[C@@H](NC(=O)[C@H](Cc2ccccc2)NC(=O)[C@@H](CC(C)C)NC(=O)[C@@H](Cc2ccccc2)NC(C)=O)[C@H](C)OC1=O. The second-order valence-corrected chi connectivity index (χ2v) is 15.1. The number of esters is 1. The zero-order chi connectivity index (χ0) is 43.1. The molecule has 1 aliphatic rings. The Labute approximate surface area is 339 Å². The van der Waals surface area contributed by atoms with Gasteiger partial charge in [0.05, 0.1) is 0 Å². The molecule has 1 saturated heterocycles. The molecule has 0 aliphatic carbocycles. The largest absolute Gasteiger partial charge is 0.455 e. The van der Waals surface area contributed by atoms with Crippen molar-refractivity contribution in [2.75, 3.05) is 0 Å². The van der Waals surface area contributed by atoms with Crippen LogP contribution in [0.25, 0.3) is 0 Å². The van der Waals surface area contributed by atoms with Crippen LogP contribution in [0.3, 0.4) is 0 Å². The average Bonchev–Trinajstić information content (AvgIpc) is 3.16. The zero-order valence-electron chi connectivity index (χ0n) is 34.3. The normalized spacial score (nSPS) is 21.4. The van der Waals surface area contributed by atoms with Crippen LogP contribution in [0.4, 0.5) is 0 Å². The van der Waals surface area contributed by atoms with E-state index in [2.05, 4.69) is 37.2 Å². The molecule has 1 aliphatic heterocycles. The van der Waals surface area contributed by atoms with E-state index >= 15 is 0 Å². The molecular weight excluding hydrogens is 747 g/mol. The van der Waals surface area contributed by atoms with E-state index in [0.29, 0.717) is 5.56 Å². The van der Waals surface area contributed by atoms with Crippen LogP contribution in [0.5, 0.6) is 0 Å². The molecule has 7 amide bonds. The highest BCUT2D eigenvalue weighted by Crippen LogP contribution is 2.13. The van der Waals surface area contributed by atoms with E-state index in [4.69, 9.17) is 4.74 Å². The second-order valence-electron chi connectivity index (χ2n) is 15.1. The summed E-state index contributed by atoms with van der Waals surface area (Å²) in [6, 6.07) is 10.5. The number of carbonyl (C=O) groups excluding carboxylic acids is 8. The summed E-state index contributed by atoms with van der Waals surface area (Å²) in [7, 11) is 0. The summed E-state index contributed by atoms with van der Waals surface area (Å²) in [5, 5.41) is 18.4. The van der Waals surface area contributed by atoms with Crippen molar-refractivity contribution in [1.29, 1.82) is 0 Å². The van der Waals surface area contributed by atoms with Gasteiger partial charge in [0.1, 0.15) is 48.1 Å². The summed E-state index contributed by atoms with van der Waals surface area (Å²) >= 11 is 0. The number of benzene rings is 2. The third-order valence-corrected chi connectivity index (χ3v) is 9.34. The van der Waals surface area contributed by atoms with E-state index in [1.807, 2.05) is 44.2 Å². The minimum Gasteiger partial charge on any atom is -0.455 e. The Morgan fingerprint density at radius 1 is 0.707 bits per heavy atom. The molecular formula is C42H57N7O9. The number of rotatable bonds is 14. The fraction of sp³-hybridized carbons (Fsp3) is 0.476. The van der Waals surface area contributed by atoms with Crippen LogP contribution in [-0.4, -0.2) is 89.7 Å². The first-order chi connectivity index (χ1) is 27.4. The number of nitrogens with one attached hydrogen (secondary N) is 7. The molecule has 16 heteroatoms. The molecule has 0 saturated carbocycles. The molecule has 0 spiro atoms. The van der Waals surface area contributed by atoms with E-state index in [9.17, 15) is 38.4 Å². The molecule has 1 heterocycles. The molecule has 0 bridgehead atoms. The smallest absolute Gasteiger partial charge is 0.354 e. The summed E-state index contributed by atoms with van der Waals surface area (Å²) in [6.45, 7) is 12.6. The van der Waals surface area contributed by atoms with E-state index in [1.54, 1.807) is 44.2 Å². The van der Waals surface area contributed by atoms with Crippen molar-refractivity contribution < 1.29 is 43.1 Å². The molecule has 314 valence electrons. The van der Waals surface area contributed by atoms with Crippen LogP contribution < -0.4 is 37.2 Å². The molecule has 1 fully saturated rings. The molecule has 7 atom stereocenters. The van der Waals surface area contributed by atoms with Crippen molar-refractivity contribution in [3.05, 3.63) is 83.6 Å². The first kappa shape index (κ1) is 46.3. The van der Waals surface area contributed by atoms with Crippen LogP contribution in [0.1, 0.15) is 72.9 Å². The minimum absolute atomic E-state index is 0.0462. The molecule has 58 heavy (non-hydrogen) atoms. The second kappa shape index (κ2) is 22.0. The van der Waals surface area contributed by atoms with Gasteiger partial charge in [-0.3, -0.25) is 33.6 Å². The van der Waals surface area contributed by atoms with Gasteiger partial charge in [0.2, 0.25) is 41.4 Å². The third-order valence-electron chi connectivity index (χ3n) is 9.34. The lowest BCUT2D eigenvalue weighted by molar-refractivity contribution is -0.149. The Morgan fingerprint density at radius 3 is 1.72 bits per heavy atom. The zero-order valence-corrected chi connectivity index (χ0v) is 34.3. The van der Waals surface area contributed by atoms with Gasteiger partial charge in [0.25, 0.3) is 0 Å². The fourth-order valence-electron chi connectivity index (χ4n) is 6.19. The molecule has 0 radical (unpaired) electrons. The van der Waals surface area contributed by atoms with Crippen molar-refractivity contribution >= 4 is 47.3 Å². The van der Waals surface area contributed by atoms with Gasteiger partial charge < -0.3 is 42.0 Å². The van der Waals surface area contributed by atoms with Crippen molar-refractivity contribution in [3.8, 4) is 0 Å². The van der Waals surface area contributed by atoms with Gasteiger partial charge in [0, 0.05) is 19.8 Å². The quantitative estimate of drug-likeness (QED) is 0.107. The molecule has 2 aromatic carbocycles. The van der Waals surface area contributed by atoms with Gasteiger partial charge in [-0.1, -0.05) is 94.4 Å². The molecule has 3 rings (SSSR count). The number of amides is 7. The first-order valence-corrected chi connectivity index (χ1v) is 19.4. The lowest BCUT2D eigenvalue weighted by atomic mass is 9.99. The Hall–Kier alpha value is -6.06. The van der Waals surface area contributed by atoms with Crippen molar-refractivity contribution in [3.63, 3.8) is 0 Å². The van der Waals surface area contributed by atoms with Crippen LogP contribution in [0.15, 0.2) is 72.4 Å². The number of ether oxygens (including phenoxy) is 1. The average molecular weight is 804 g/mol. The van der Waals surface area contributed by atoms with Crippen molar-refractivity contribution in [2.24, 2.45) is 11.8 Å². The standard InChI is InChI=1S/C42H57N7O9/c1-9-30-42(57)58-26(7)35(41(56)48-34(24(4)5)40(55)43-25(6)36(51)45-30)49-39(54)33(22-29-18-14-11-15-19-29)47-37(52)31(20-23(2)3)46-38(53)32(44-27(8)50)21-28-16-12-10-13-17-28/h9-19,23-26,31-35H,20-22H2,1-8H3,(H,43,55)(H,44,50)(H,45,51)(H,46,53)(H,47,52)(H,48,56)(H,49,54)/b30-9+/t25-,26-,31+,32+,33-,34-,35-/m0/s1. The maximum Gasteiger partial charge on any atom is 0.354 e. The highest BCUT2D eigenvalue weighted by atomic mass is 16.5. The molecule has 7 N–H and O–H groups in total.